The number of anilines is 3. The van der Waals surface area contributed by atoms with Crippen LogP contribution >= 0.6 is 24.0 Å². The van der Waals surface area contributed by atoms with Gasteiger partial charge in [0, 0.05) is 28.5 Å². The van der Waals surface area contributed by atoms with Gasteiger partial charge in [-0.05, 0) is 73.9 Å². The van der Waals surface area contributed by atoms with Crippen LogP contribution in [-0.2, 0) is 11.2 Å². The topological polar surface area (TPSA) is 44.4 Å². The summed E-state index contributed by atoms with van der Waals surface area (Å²) in [7, 11) is 0. The summed E-state index contributed by atoms with van der Waals surface area (Å²) in [5, 5.41) is 6.95. The van der Waals surface area contributed by atoms with Crippen molar-refractivity contribution >= 4 is 52.1 Å². The fourth-order valence-corrected chi connectivity index (χ4v) is 4.68. The predicted octanol–water partition coefficient (Wildman–Crippen LogP) is 5.88. The highest BCUT2D eigenvalue weighted by atomic mass is 32.2. The van der Waals surface area contributed by atoms with Gasteiger partial charge in [0.1, 0.15) is 0 Å². The van der Waals surface area contributed by atoms with Crippen molar-refractivity contribution in [1.82, 2.24) is 0 Å². The van der Waals surface area contributed by atoms with Crippen molar-refractivity contribution in [2.75, 3.05) is 27.8 Å². The van der Waals surface area contributed by atoms with Crippen LogP contribution in [0.25, 0.3) is 0 Å². The lowest BCUT2D eigenvalue weighted by Crippen LogP contribution is -2.36. The zero-order chi connectivity index (χ0) is 21.6. The van der Waals surface area contributed by atoms with Crippen LogP contribution in [0.1, 0.15) is 17.5 Å². The summed E-state index contributed by atoms with van der Waals surface area (Å²) >= 11 is 6.98. The summed E-state index contributed by atoms with van der Waals surface area (Å²) < 4.78 is 0. The quantitative estimate of drug-likeness (QED) is 0.378. The number of hydrogen-bond acceptors (Lipinski definition) is 3. The number of thiocarbonyl (C=S) groups is 1. The average Bonchev–Trinajstić information content (AvgIpc) is 2.79. The molecule has 0 saturated carbocycles. The van der Waals surface area contributed by atoms with E-state index in [0.717, 1.165) is 41.3 Å². The molecule has 0 fully saturated rings. The summed E-state index contributed by atoms with van der Waals surface area (Å²) in [5.74, 6) is 0.552. The molecule has 2 N–H and O–H groups in total. The molecule has 0 radical (unpaired) electrons. The SMILES string of the molecule is Cc1ccc(NC(=S)Nc2cccc(SCC(=O)N3CCCc4ccccc43)c2)cc1. The number of aryl methyl sites for hydroxylation is 2. The van der Waals surface area contributed by atoms with Gasteiger partial charge in [-0.25, -0.2) is 0 Å². The lowest BCUT2D eigenvalue weighted by molar-refractivity contribution is -0.116. The Labute approximate surface area is 193 Å². The number of amides is 1. The van der Waals surface area contributed by atoms with Gasteiger partial charge >= 0.3 is 0 Å². The molecule has 0 unspecified atom stereocenters. The number of carbonyl (C=O) groups is 1. The highest BCUT2D eigenvalue weighted by Crippen LogP contribution is 2.29. The Morgan fingerprint density at radius 2 is 1.77 bits per heavy atom. The molecule has 1 aliphatic rings. The van der Waals surface area contributed by atoms with E-state index in [1.807, 2.05) is 71.6 Å². The van der Waals surface area contributed by atoms with Crippen molar-refractivity contribution in [3.8, 4) is 0 Å². The van der Waals surface area contributed by atoms with Gasteiger partial charge in [0.25, 0.3) is 0 Å². The molecule has 0 aromatic heterocycles. The summed E-state index contributed by atoms with van der Waals surface area (Å²) in [6, 6.07) is 24.3. The summed E-state index contributed by atoms with van der Waals surface area (Å²) in [6.45, 7) is 2.84. The van der Waals surface area contributed by atoms with E-state index >= 15 is 0 Å². The highest BCUT2D eigenvalue weighted by Gasteiger charge is 2.21. The van der Waals surface area contributed by atoms with Crippen LogP contribution < -0.4 is 15.5 Å². The Hall–Kier alpha value is -2.83. The van der Waals surface area contributed by atoms with E-state index in [1.54, 1.807) is 11.8 Å². The Kier molecular flexibility index (Phi) is 6.89. The van der Waals surface area contributed by atoms with Gasteiger partial charge in [-0.15, -0.1) is 11.8 Å². The summed E-state index contributed by atoms with van der Waals surface area (Å²) in [4.78, 5) is 15.8. The molecule has 1 aliphatic heterocycles. The lowest BCUT2D eigenvalue weighted by Gasteiger charge is -2.29. The maximum absolute atomic E-state index is 12.9. The number of nitrogens with one attached hydrogen (secondary N) is 2. The largest absolute Gasteiger partial charge is 0.332 e. The van der Waals surface area contributed by atoms with Gasteiger partial charge in [-0.2, -0.15) is 0 Å². The smallest absolute Gasteiger partial charge is 0.237 e. The minimum Gasteiger partial charge on any atom is -0.332 e. The van der Waals surface area contributed by atoms with Crippen LogP contribution in [0.3, 0.4) is 0 Å². The number of rotatable bonds is 5. The second-order valence-corrected chi connectivity index (χ2v) is 9.00. The first-order chi connectivity index (χ1) is 15.1. The van der Waals surface area contributed by atoms with Crippen molar-refractivity contribution < 1.29 is 4.79 Å². The molecule has 4 nitrogen and oxygen atoms in total. The first-order valence-corrected chi connectivity index (χ1v) is 11.7. The molecule has 0 saturated heterocycles. The van der Waals surface area contributed by atoms with Crippen molar-refractivity contribution in [2.45, 2.75) is 24.7 Å². The molecule has 31 heavy (non-hydrogen) atoms. The Balaban J connectivity index is 1.34. The first kappa shape index (κ1) is 21.4. The molecule has 0 aliphatic carbocycles. The fourth-order valence-electron chi connectivity index (χ4n) is 3.61. The number of thioether (sulfide) groups is 1. The number of fused-ring (bicyclic) bond motifs is 1. The third kappa shape index (κ3) is 5.66. The molecule has 6 heteroatoms. The zero-order valence-corrected chi connectivity index (χ0v) is 19.1. The second-order valence-electron chi connectivity index (χ2n) is 7.54. The van der Waals surface area contributed by atoms with Crippen LogP contribution in [0.15, 0.2) is 77.7 Å². The van der Waals surface area contributed by atoms with Crippen LogP contribution in [-0.4, -0.2) is 23.3 Å². The number of carbonyl (C=O) groups excluding carboxylic acids is 1. The van der Waals surface area contributed by atoms with E-state index < -0.39 is 0 Å². The zero-order valence-electron chi connectivity index (χ0n) is 17.4. The normalized spacial score (nSPS) is 12.7. The van der Waals surface area contributed by atoms with E-state index in [4.69, 9.17) is 12.2 Å². The van der Waals surface area contributed by atoms with Crippen LogP contribution in [0.4, 0.5) is 17.1 Å². The molecular weight excluding hydrogens is 422 g/mol. The lowest BCUT2D eigenvalue weighted by atomic mass is 10.0. The third-order valence-electron chi connectivity index (χ3n) is 5.17. The average molecular weight is 448 g/mol. The van der Waals surface area contributed by atoms with E-state index in [9.17, 15) is 4.79 Å². The highest BCUT2D eigenvalue weighted by molar-refractivity contribution is 8.00. The van der Waals surface area contributed by atoms with Crippen LogP contribution in [0, 0.1) is 6.92 Å². The van der Waals surface area contributed by atoms with E-state index in [0.29, 0.717) is 10.9 Å². The van der Waals surface area contributed by atoms with Crippen LogP contribution in [0.5, 0.6) is 0 Å². The molecule has 1 amide bonds. The van der Waals surface area contributed by atoms with Gasteiger partial charge in [0.05, 0.1) is 5.75 Å². The first-order valence-electron chi connectivity index (χ1n) is 10.3. The Morgan fingerprint density at radius 1 is 1.00 bits per heavy atom. The maximum Gasteiger partial charge on any atom is 0.237 e. The number of nitrogens with zero attached hydrogens (tertiary/aromatic N) is 1. The molecule has 0 atom stereocenters. The molecule has 1 heterocycles. The van der Waals surface area contributed by atoms with E-state index in [1.165, 1.54) is 11.1 Å². The number of hydrogen-bond donors (Lipinski definition) is 2. The predicted molar refractivity (Wildman–Crippen MR) is 135 cm³/mol. The molecule has 4 rings (SSSR count). The van der Waals surface area contributed by atoms with E-state index in [2.05, 4.69) is 23.6 Å². The number of benzene rings is 3. The van der Waals surface area contributed by atoms with Crippen molar-refractivity contribution in [1.29, 1.82) is 0 Å². The third-order valence-corrected chi connectivity index (χ3v) is 6.36. The minimum atomic E-state index is 0.145. The van der Waals surface area contributed by atoms with Crippen LogP contribution in [0.2, 0.25) is 0 Å². The molecule has 158 valence electrons. The van der Waals surface area contributed by atoms with Gasteiger partial charge in [0.15, 0.2) is 5.11 Å². The Morgan fingerprint density at radius 3 is 2.61 bits per heavy atom. The monoisotopic (exact) mass is 447 g/mol. The van der Waals surface area contributed by atoms with Gasteiger partial charge in [-0.3, -0.25) is 4.79 Å². The van der Waals surface area contributed by atoms with Gasteiger partial charge < -0.3 is 15.5 Å². The standard InChI is InChI=1S/C25H25N3OS2/c1-18-11-13-20(14-12-18)26-25(30)27-21-8-4-9-22(16-21)31-17-24(29)28-15-5-7-19-6-2-3-10-23(19)28/h2-4,6,8-14,16H,5,7,15,17H2,1H3,(H2,26,27,30). The number of para-hydroxylation sites is 1. The van der Waals surface area contributed by atoms with E-state index in [-0.39, 0.29) is 5.91 Å². The summed E-state index contributed by atoms with van der Waals surface area (Å²) in [6.07, 6.45) is 2.05. The maximum atomic E-state index is 12.9. The van der Waals surface area contributed by atoms with Gasteiger partial charge in [-0.1, -0.05) is 42.0 Å². The molecular formula is C25H25N3OS2. The minimum absolute atomic E-state index is 0.145. The van der Waals surface area contributed by atoms with Crippen molar-refractivity contribution in [2.24, 2.45) is 0 Å². The summed E-state index contributed by atoms with van der Waals surface area (Å²) in [5.41, 5.74) is 5.36. The van der Waals surface area contributed by atoms with Crippen molar-refractivity contribution in [3.63, 3.8) is 0 Å². The second kappa shape index (κ2) is 9.98. The molecule has 0 spiro atoms. The molecule has 3 aromatic carbocycles. The van der Waals surface area contributed by atoms with Crippen molar-refractivity contribution in [3.05, 3.63) is 83.9 Å². The Bertz CT molecular complexity index is 1080. The molecule has 0 bridgehead atoms. The molecule has 3 aromatic rings. The fraction of sp³-hybridized carbons (Fsp3) is 0.200. The van der Waals surface area contributed by atoms with Gasteiger partial charge in [0.2, 0.25) is 5.91 Å².